The van der Waals surface area contributed by atoms with E-state index in [0.29, 0.717) is 18.2 Å². The predicted molar refractivity (Wildman–Crippen MR) is 74.7 cm³/mol. The maximum absolute atomic E-state index is 12.4. The van der Waals surface area contributed by atoms with Gasteiger partial charge in [-0.1, -0.05) is 0 Å². The van der Waals surface area contributed by atoms with Crippen molar-refractivity contribution in [3.05, 3.63) is 11.8 Å². The second kappa shape index (κ2) is 5.80. The van der Waals surface area contributed by atoms with Gasteiger partial charge in [-0.3, -0.25) is 5.10 Å². The van der Waals surface area contributed by atoms with Crippen molar-refractivity contribution in [3.8, 4) is 0 Å². The maximum Gasteiger partial charge on any atom is 0.258 e. The van der Waals surface area contributed by atoms with E-state index in [0.717, 1.165) is 12.8 Å². The van der Waals surface area contributed by atoms with E-state index in [1.54, 1.807) is 20.0 Å². The van der Waals surface area contributed by atoms with Crippen LogP contribution in [0.1, 0.15) is 32.3 Å². The van der Waals surface area contributed by atoms with Crippen LogP contribution in [0.25, 0.3) is 0 Å². The lowest BCUT2D eigenvalue weighted by molar-refractivity contribution is 0.141. The molecule has 1 aliphatic rings. The molecule has 1 aromatic rings. The van der Waals surface area contributed by atoms with E-state index >= 15 is 0 Å². The molecule has 20 heavy (non-hydrogen) atoms. The van der Waals surface area contributed by atoms with Crippen molar-refractivity contribution in [2.45, 2.75) is 49.8 Å². The first kappa shape index (κ1) is 15.4. The first-order valence-corrected chi connectivity index (χ1v) is 8.11. The third-order valence-corrected chi connectivity index (χ3v) is 4.73. The van der Waals surface area contributed by atoms with Gasteiger partial charge in [0.1, 0.15) is 0 Å². The summed E-state index contributed by atoms with van der Waals surface area (Å²) >= 11 is 0. The van der Waals surface area contributed by atoms with Gasteiger partial charge in [0.15, 0.2) is 5.03 Å². The van der Waals surface area contributed by atoms with Gasteiger partial charge in [-0.15, -0.1) is 0 Å². The molecule has 0 saturated heterocycles. The van der Waals surface area contributed by atoms with Crippen LogP contribution in [0.2, 0.25) is 0 Å². The Morgan fingerprint density at radius 2 is 2.20 bits per heavy atom. The number of nitrogens with one attached hydrogen (secondary N) is 3. The molecule has 3 N–H and O–H groups in total. The van der Waals surface area contributed by atoms with Crippen LogP contribution < -0.4 is 10.0 Å². The average molecular weight is 302 g/mol. The van der Waals surface area contributed by atoms with Crippen molar-refractivity contribution >= 4 is 10.0 Å². The molecular weight excluding hydrogens is 280 g/mol. The number of aromatic amines is 1. The largest absolute Gasteiger partial charge is 0.383 e. The Kier molecular flexibility index (Phi) is 4.48. The van der Waals surface area contributed by atoms with E-state index in [4.69, 9.17) is 4.74 Å². The van der Waals surface area contributed by atoms with Crippen LogP contribution in [-0.4, -0.2) is 43.9 Å². The number of nitrogens with zero attached hydrogens (tertiary/aromatic N) is 1. The van der Waals surface area contributed by atoms with Crippen molar-refractivity contribution in [2.75, 3.05) is 13.7 Å². The molecule has 1 saturated carbocycles. The molecule has 8 heteroatoms. The Balaban J connectivity index is 2.10. The molecule has 0 aliphatic heterocycles. The molecule has 7 nitrogen and oxygen atoms in total. The normalized spacial score (nSPS) is 16.6. The van der Waals surface area contributed by atoms with E-state index in [1.165, 1.54) is 7.11 Å². The van der Waals surface area contributed by atoms with Crippen LogP contribution in [0.3, 0.4) is 0 Å². The lowest BCUT2D eigenvalue weighted by atomic mass is 10.1. The molecule has 0 atom stereocenters. The second-order valence-corrected chi connectivity index (χ2v) is 7.42. The highest BCUT2D eigenvalue weighted by Crippen LogP contribution is 2.21. The highest BCUT2D eigenvalue weighted by atomic mass is 32.2. The molecule has 0 unspecified atom stereocenters. The van der Waals surface area contributed by atoms with E-state index in [-0.39, 0.29) is 11.6 Å². The smallest absolute Gasteiger partial charge is 0.258 e. The zero-order valence-electron chi connectivity index (χ0n) is 12.1. The second-order valence-electron chi connectivity index (χ2n) is 5.80. The molecule has 1 fully saturated rings. The van der Waals surface area contributed by atoms with Gasteiger partial charge in [-0.2, -0.15) is 5.10 Å². The van der Waals surface area contributed by atoms with Crippen LogP contribution >= 0.6 is 0 Å². The molecule has 1 aliphatic carbocycles. The van der Waals surface area contributed by atoms with Crippen molar-refractivity contribution in [2.24, 2.45) is 0 Å². The number of H-pyrrole nitrogens is 1. The number of hydrogen-bond donors (Lipinski definition) is 3. The summed E-state index contributed by atoms with van der Waals surface area (Å²) in [6.45, 7) is 4.33. The summed E-state index contributed by atoms with van der Waals surface area (Å²) in [4.78, 5) is 0. The van der Waals surface area contributed by atoms with Crippen molar-refractivity contribution in [1.29, 1.82) is 0 Å². The van der Waals surface area contributed by atoms with Gasteiger partial charge in [-0.05, 0) is 26.7 Å². The third-order valence-electron chi connectivity index (χ3n) is 3.02. The van der Waals surface area contributed by atoms with Crippen LogP contribution in [0.15, 0.2) is 11.2 Å². The van der Waals surface area contributed by atoms with Crippen molar-refractivity contribution < 1.29 is 13.2 Å². The number of sulfonamides is 1. The Labute approximate surface area is 119 Å². The summed E-state index contributed by atoms with van der Waals surface area (Å²) < 4.78 is 32.4. The van der Waals surface area contributed by atoms with Crippen molar-refractivity contribution in [1.82, 2.24) is 20.2 Å². The Bertz CT molecular complexity index is 549. The minimum Gasteiger partial charge on any atom is -0.383 e. The number of ether oxygens (including phenoxy) is 1. The maximum atomic E-state index is 12.4. The summed E-state index contributed by atoms with van der Waals surface area (Å²) in [5.41, 5.74) is -0.0301. The van der Waals surface area contributed by atoms with E-state index in [9.17, 15) is 8.42 Å². The zero-order chi connectivity index (χ0) is 14.8. The van der Waals surface area contributed by atoms with Crippen molar-refractivity contribution in [3.63, 3.8) is 0 Å². The van der Waals surface area contributed by atoms with Gasteiger partial charge in [0, 0.05) is 25.3 Å². The number of hydrogen-bond acceptors (Lipinski definition) is 5. The molecule has 1 heterocycles. The highest BCUT2D eigenvalue weighted by molar-refractivity contribution is 7.89. The van der Waals surface area contributed by atoms with Crippen LogP contribution in [0.5, 0.6) is 0 Å². The van der Waals surface area contributed by atoms with Crippen LogP contribution in [0.4, 0.5) is 0 Å². The summed E-state index contributed by atoms with van der Waals surface area (Å²) in [6.07, 6.45) is 3.85. The molecule has 0 radical (unpaired) electrons. The third kappa shape index (κ3) is 4.02. The van der Waals surface area contributed by atoms with Crippen LogP contribution in [0, 0.1) is 0 Å². The lowest BCUT2D eigenvalue weighted by Gasteiger charge is -2.24. The molecule has 0 aromatic carbocycles. The fourth-order valence-electron chi connectivity index (χ4n) is 2.00. The van der Waals surface area contributed by atoms with Gasteiger partial charge in [0.25, 0.3) is 10.0 Å². The molecular formula is C12H22N4O3S. The molecule has 1 aromatic heterocycles. The van der Waals surface area contributed by atoms with E-state index in [2.05, 4.69) is 20.2 Å². The molecule has 2 rings (SSSR count). The summed E-state index contributed by atoms with van der Waals surface area (Å²) in [7, 11) is -2.10. The Morgan fingerprint density at radius 1 is 1.50 bits per heavy atom. The topological polar surface area (TPSA) is 96.1 Å². The number of methoxy groups -OCH3 is 1. The number of aromatic nitrogens is 2. The summed E-state index contributed by atoms with van der Waals surface area (Å²) in [5.74, 6) is 0. The fraction of sp³-hybridized carbons (Fsp3) is 0.750. The van der Waals surface area contributed by atoms with Crippen LogP contribution in [-0.2, 0) is 21.3 Å². The summed E-state index contributed by atoms with van der Waals surface area (Å²) in [5, 5.41) is 9.82. The van der Waals surface area contributed by atoms with Gasteiger partial charge in [-0.25, -0.2) is 13.1 Å². The standard InChI is InChI=1S/C12H22N4O3S/c1-12(2,8-19-3)16-20(17,18)11-9(7-14-15-11)6-13-10-4-5-10/h7,10,13,16H,4-6,8H2,1-3H3,(H,14,15). The van der Waals surface area contributed by atoms with Gasteiger partial charge in [0.05, 0.1) is 18.3 Å². The lowest BCUT2D eigenvalue weighted by Crippen LogP contribution is -2.47. The Hall–Kier alpha value is -0.960. The first-order valence-electron chi connectivity index (χ1n) is 6.62. The summed E-state index contributed by atoms with van der Waals surface area (Å²) in [6, 6.07) is 0.512. The highest BCUT2D eigenvalue weighted by Gasteiger charge is 2.29. The quantitative estimate of drug-likeness (QED) is 0.644. The molecule has 0 bridgehead atoms. The average Bonchev–Trinajstić information content (AvgIpc) is 3.01. The van der Waals surface area contributed by atoms with Gasteiger partial charge >= 0.3 is 0 Å². The van der Waals surface area contributed by atoms with Gasteiger partial charge in [0.2, 0.25) is 0 Å². The SMILES string of the molecule is COCC(C)(C)NS(=O)(=O)c1[nH]ncc1CNC1CC1. The fourth-order valence-corrected chi connectivity index (χ4v) is 3.54. The van der Waals surface area contributed by atoms with Gasteiger partial charge < -0.3 is 10.1 Å². The monoisotopic (exact) mass is 302 g/mol. The predicted octanol–water partition coefficient (Wildman–Crippen LogP) is 0.365. The minimum atomic E-state index is -3.64. The Morgan fingerprint density at radius 3 is 2.80 bits per heavy atom. The first-order chi connectivity index (χ1) is 9.34. The minimum absolute atomic E-state index is 0.120. The van der Waals surface area contributed by atoms with E-state index in [1.807, 2.05) is 0 Å². The number of rotatable bonds is 8. The van der Waals surface area contributed by atoms with E-state index < -0.39 is 15.6 Å². The molecule has 0 amide bonds. The molecule has 114 valence electrons. The zero-order valence-corrected chi connectivity index (χ0v) is 12.9. The molecule has 0 spiro atoms.